The molecule has 8 bridgehead atoms. The summed E-state index contributed by atoms with van der Waals surface area (Å²) >= 11 is 0. The van der Waals surface area contributed by atoms with E-state index in [0.29, 0.717) is 0 Å². The maximum atomic E-state index is 11.5. The number of benzene rings is 2. The van der Waals surface area contributed by atoms with Gasteiger partial charge in [0.1, 0.15) is 0 Å². The molecule has 7 rings (SSSR count). The third-order valence-electron chi connectivity index (χ3n) is 6.65. The molecule has 2 aromatic carbocycles. The normalized spacial score (nSPS) is 12.3. The largest absolute Gasteiger partial charge is 0.478 e. The minimum Gasteiger partial charge on any atom is -0.478 e. The zero-order valence-electron chi connectivity index (χ0n) is 19.6. The molecule has 5 heterocycles. The fourth-order valence-electron chi connectivity index (χ4n) is 4.93. The molecule has 0 spiro atoms. The lowest BCUT2D eigenvalue weighted by atomic mass is 10.0. The van der Waals surface area contributed by atoms with Crippen LogP contribution in [-0.4, -0.2) is 31.0 Å². The first-order chi connectivity index (χ1) is 18.1. The number of aromatic nitrogens is 4. The average molecular weight is 481 g/mol. The third-order valence-corrected chi connectivity index (χ3v) is 6.65. The summed E-state index contributed by atoms with van der Waals surface area (Å²) in [6.45, 7) is 0. The summed E-state index contributed by atoms with van der Waals surface area (Å²) in [5.74, 6) is -0.954. The molecule has 3 aromatic heterocycles. The van der Waals surface area contributed by atoms with Gasteiger partial charge in [-0.15, -0.1) is 0 Å². The summed E-state index contributed by atoms with van der Waals surface area (Å²) in [5, 5.41) is 11.5. The second-order valence-electron chi connectivity index (χ2n) is 9.07. The predicted octanol–water partition coefficient (Wildman–Crippen LogP) is 7.17. The van der Waals surface area contributed by atoms with Crippen LogP contribution in [0.5, 0.6) is 0 Å². The van der Waals surface area contributed by atoms with Crippen LogP contribution in [0.3, 0.4) is 0 Å². The molecular formula is C31H20N4O2. The van der Waals surface area contributed by atoms with E-state index in [4.69, 9.17) is 9.97 Å². The minimum atomic E-state index is -0.954. The van der Waals surface area contributed by atoms with Crippen LogP contribution in [0.1, 0.15) is 33.1 Å². The molecule has 6 nitrogen and oxygen atoms in total. The van der Waals surface area contributed by atoms with Gasteiger partial charge in [-0.25, -0.2) is 14.8 Å². The Morgan fingerprint density at radius 2 is 1.32 bits per heavy atom. The molecule has 176 valence electrons. The number of nitrogens with zero attached hydrogens (tertiary/aromatic N) is 2. The van der Waals surface area contributed by atoms with Crippen molar-refractivity contribution >= 4 is 63.1 Å². The highest BCUT2D eigenvalue weighted by atomic mass is 16.4. The molecular weight excluding hydrogens is 460 g/mol. The second-order valence-corrected chi connectivity index (χ2v) is 9.07. The Morgan fingerprint density at radius 3 is 2.05 bits per heavy atom. The number of hydrogen-bond donors (Lipinski definition) is 3. The highest BCUT2D eigenvalue weighted by molar-refractivity contribution is 6.12. The number of H-pyrrole nitrogens is 2. The van der Waals surface area contributed by atoms with Crippen molar-refractivity contribution in [3.8, 4) is 11.1 Å². The van der Waals surface area contributed by atoms with E-state index in [1.165, 1.54) is 0 Å². The summed E-state index contributed by atoms with van der Waals surface area (Å²) in [6, 6.07) is 25.3. The summed E-state index contributed by atoms with van der Waals surface area (Å²) in [6.07, 6.45) is 8.01. The number of rotatable bonds is 2. The van der Waals surface area contributed by atoms with Gasteiger partial charge < -0.3 is 15.1 Å². The predicted molar refractivity (Wildman–Crippen MR) is 149 cm³/mol. The second kappa shape index (κ2) is 8.17. The van der Waals surface area contributed by atoms with Gasteiger partial charge in [-0.3, -0.25) is 0 Å². The van der Waals surface area contributed by atoms with E-state index < -0.39 is 5.97 Å². The number of hydrogen-bond acceptors (Lipinski definition) is 3. The van der Waals surface area contributed by atoms with Crippen molar-refractivity contribution in [3.63, 3.8) is 0 Å². The molecule has 0 fully saturated rings. The molecule has 2 aliphatic heterocycles. The van der Waals surface area contributed by atoms with Gasteiger partial charge in [-0.2, -0.15) is 0 Å². The Hall–Kier alpha value is -5.23. The standard InChI is InChI=1S/C31H20N4O2/c36-31(37)19-7-5-18(6-8-19)29-27-14-13-23(34-27)16-22-10-9-20(32-22)15-21-11-12-24(33-21)17-28-25-3-1-2-4-26(25)30(29)35-28/h1-17,32,35H,(H,36,37). The summed E-state index contributed by atoms with van der Waals surface area (Å²) in [4.78, 5) is 28.3. The first-order valence-corrected chi connectivity index (χ1v) is 11.9. The van der Waals surface area contributed by atoms with Crippen LogP contribution in [0, 0.1) is 0 Å². The monoisotopic (exact) mass is 480 g/mol. The zero-order valence-corrected chi connectivity index (χ0v) is 19.6. The lowest BCUT2D eigenvalue weighted by Gasteiger charge is -2.05. The molecule has 5 aromatic rings. The number of fused-ring (bicyclic) bond motifs is 11. The van der Waals surface area contributed by atoms with Gasteiger partial charge in [0, 0.05) is 32.9 Å². The molecule has 6 heteroatoms. The Bertz CT molecular complexity index is 1960. The van der Waals surface area contributed by atoms with Gasteiger partial charge in [-0.05, 0) is 72.3 Å². The number of aromatic amines is 2. The molecule has 0 atom stereocenters. The van der Waals surface area contributed by atoms with Crippen molar-refractivity contribution < 1.29 is 9.90 Å². The average Bonchev–Trinajstić information content (AvgIpc) is 3.70. The minimum absolute atomic E-state index is 0.241. The summed E-state index contributed by atoms with van der Waals surface area (Å²) in [7, 11) is 0. The summed E-state index contributed by atoms with van der Waals surface area (Å²) in [5.41, 5.74) is 9.15. The van der Waals surface area contributed by atoms with Gasteiger partial charge in [0.15, 0.2) is 0 Å². The number of aromatic carboxylic acids is 1. The highest BCUT2D eigenvalue weighted by Gasteiger charge is 2.15. The summed E-state index contributed by atoms with van der Waals surface area (Å²) < 4.78 is 0. The quantitative estimate of drug-likeness (QED) is 0.244. The van der Waals surface area contributed by atoms with E-state index in [-0.39, 0.29) is 5.56 Å². The van der Waals surface area contributed by atoms with Crippen LogP contribution >= 0.6 is 0 Å². The van der Waals surface area contributed by atoms with E-state index in [0.717, 1.165) is 66.7 Å². The Kier molecular flexibility index (Phi) is 4.66. The Balaban J connectivity index is 1.65. The Labute approximate surface area is 211 Å². The van der Waals surface area contributed by atoms with Crippen molar-refractivity contribution in [1.82, 2.24) is 19.9 Å². The van der Waals surface area contributed by atoms with Crippen LogP contribution < -0.4 is 0 Å². The van der Waals surface area contributed by atoms with E-state index in [9.17, 15) is 9.90 Å². The van der Waals surface area contributed by atoms with Crippen molar-refractivity contribution in [2.24, 2.45) is 0 Å². The van der Waals surface area contributed by atoms with Crippen LogP contribution in [-0.2, 0) is 0 Å². The lowest BCUT2D eigenvalue weighted by Crippen LogP contribution is -1.95. The smallest absolute Gasteiger partial charge is 0.335 e. The van der Waals surface area contributed by atoms with E-state index in [1.54, 1.807) is 12.1 Å². The van der Waals surface area contributed by atoms with Crippen molar-refractivity contribution in [2.75, 3.05) is 0 Å². The van der Waals surface area contributed by atoms with Crippen molar-refractivity contribution in [1.29, 1.82) is 0 Å². The van der Waals surface area contributed by atoms with Crippen LogP contribution in [0.4, 0.5) is 0 Å². The fourth-order valence-corrected chi connectivity index (χ4v) is 4.93. The third kappa shape index (κ3) is 3.72. The first kappa shape index (κ1) is 21.1. The molecule has 0 unspecified atom stereocenters. The van der Waals surface area contributed by atoms with Gasteiger partial charge in [0.05, 0.1) is 33.9 Å². The van der Waals surface area contributed by atoms with Crippen LogP contribution in [0.2, 0.25) is 0 Å². The first-order valence-electron chi connectivity index (χ1n) is 11.9. The van der Waals surface area contributed by atoms with Gasteiger partial charge in [0.2, 0.25) is 0 Å². The highest BCUT2D eigenvalue weighted by Crippen LogP contribution is 2.35. The maximum Gasteiger partial charge on any atom is 0.335 e. The zero-order chi connectivity index (χ0) is 24.9. The molecule has 3 N–H and O–H groups in total. The lowest BCUT2D eigenvalue weighted by molar-refractivity contribution is 0.0697. The van der Waals surface area contributed by atoms with Gasteiger partial charge in [-0.1, -0.05) is 36.4 Å². The SMILES string of the molecule is O=C(O)c1ccc(-c2c3nc(cc4ccc(cc5nc(cc6[nH]c2c2ccccc62)C=C5)[nH]4)C=C3)cc1. The molecule has 2 aliphatic rings. The molecule has 0 radical (unpaired) electrons. The molecule has 0 saturated heterocycles. The topological polar surface area (TPSA) is 94.7 Å². The molecule has 37 heavy (non-hydrogen) atoms. The number of nitrogens with one attached hydrogen (secondary N) is 2. The Morgan fingerprint density at radius 1 is 0.676 bits per heavy atom. The van der Waals surface area contributed by atoms with Crippen LogP contribution in [0.15, 0.2) is 78.9 Å². The number of carbonyl (C=O) groups is 1. The molecule has 0 amide bonds. The van der Waals surface area contributed by atoms with E-state index in [2.05, 4.69) is 28.2 Å². The maximum absolute atomic E-state index is 11.5. The fraction of sp³-hybridized carbons (Fsp3) is 0. The van der Waals surface area contributed by atoms with E-state index in [1.807, 2.05) is 72.8 Å². The van der Waals surface area contributed by atoms with E-state index >= 15 is 0 Å². The van der Waals surface area contributed by atoms with Gasteiger partial charge >= 0.3 is 5.97 Å². The molecule has 0 aliphatic carbocycles. The van der Waals surface area contributed by atoms with Gasteiger partial charge in [0.25, 0.3) is 0 Å². The van der Waals surface area contributed by atoms with Crippen molar-refractivity contribution in [3.05, 3.63) is 107 Å². The van der Waals surface area contributed by atoms with Crippen molar-refractivity contribution in [2.45, 2.75) is 0 Å². The number of carboxylic acid groups (broad SMARTS) is 1. The van der Waals surface area contributed by atoms with Crippen LogP contribution in [0.25, 0.3) is 68.3 Å². The number of carboxylic acids is 1. The molecule has 0 saturated carbocycles.